The molecule has 1 fully saturated rings. The number of aliphatic hydroxyl groups excluding tert-OH is 1. The fourth-order valence-corrected chi connectivity index (χ4v) is 6.61. The number of pyridine rings is 1. The number of benzene rings is 2. The molecule has 0 radical (unpaired) electrons. The Kier molecular flexibility index (Phi) is 11.8. The third-order valence-electron chi connectivity index (χ3n) is 9.59. The van der Waals surface area contributed by atoms with E-state index >= 15 is 4.39 Å². The molecule has 54 heavy (non-hydrogen) atoms. The minimum absolute atomic E-state index is 0.0123. The van der Waals surface area contributed by atoms with Crippen molar-refractivity contribution in [3.05, 3.63) is 84.3 Å². The van der Waals surface area contributed by atoms with Crippen LogP contribution in [0, 0.1) is 5.82 Å². The number of ether oxygens (including phenoxy) is 2. The van der Waals surface area contributed by atoms with E-state index < -0.39 is 11.4 Å². The quantitative estimate of drug-likeness (QED) is 0.0639. The van der Waals surface area contributed by atoms with Crippen LogP contribution < -0.4 is 15.9 Å². The average molecular weight is 740 g/mol. The van der Waals surface area contributed by atoms with Crippen molar-refractivity contribution >= 4 is 46.0 Å². The van der Waals surface area contributed by atoms with Gasteiger partial charge >= 0.3 is 0 Å². The number of rotatable bonds is 14. The molecular weight excluding hydrogens is 693 g/mol. The first-order valence-corrected chi connectivity index (χ1v) is 17.8. The summed E-state index contributed by atoms with van der Waals surface area (Å²) in [5.41, 5.74) is 3.89. The van der Waals surface area contributed by atoms with Crippen LogP contribution in [0.15, 0.2) is 72.4 Å². The number of aliphatic hydroxyl groups is 1. The van der Waals surface area contributed by atoms with Gasteiger partial charge in [-0.15, -0.1) is 0 Å². The number of carbonyl (C=O) groups is 2. The lowest BCUT2D eigenvalue weighted by Crippen LogP contribution is -2.48. The lowest BCUT2D eigenvalue weighted by molar-refractivity contribution is -0.138. The Bertz CT molecular complexity index is 2060. The van der Waals surface area contributed by atoms with E-state index in [-0.39, 0.29) is 55.4 Å². The minimum Gasteiger partial charge on any atom is -0.475 e. The van der Waals surface area contributed by atoms with Gasteiger partial charge in [-0.2, -0.15) is 5.10 Å². The molecule has 0 aliphatic carbocycles. The molecule has 0 spiro atoms. The summed E-state index contributed by atoms with van der Waals surface area (Å²) in [5.74, 6) is 5.38. The molecule has 0 saturated carbocycles. The van der Waals surface area contributed by atoms with E-state index in [9.17, 15) is 9.59 Å². The number of nitrogens with one attached hydrogen (secondary N) is 2. The molecule has 2 aliphatic rings. The maximum atomic E-state index is 15.0. The number of hydrazine groups is 1. The number of H-pyrrole nitrogens is 1. The number of anilines is 1. The molecule has 2 aromatic carbocycles. The SMILES string of the molecule is C=C(N=CN(N)CCO)c1ccc(C2=CCN(C(=O)CN3CC[C@@](OC)(C(=O)Nc4ccc5[nH]nc(-c6ccc(OC(C)C)nc6)c5c4)C3)CC2)cc1F. The molecule has 2 aliphatic heterocycles. The fraction of sp³-hybridized carbons (Fsp3) is 0.359. The predicted molar refractivity (Wildman–Crippen MR) is 206 cm³/mol. The fourth-order valence-electron chi connectivity index (χ4n) is 6.61. The van der Waals surface area contributed by atoms with Crippen LogP contribution in [0.4, 0.5) is 10.1 Å². The summed E-state index contributed by atoms with van der Waals surface area (Å²) in [4.78, 5) is 39.3. The monoisotopic (exact) mass is 739 g/mol. The summed E-state index contributed by atoms with van der Waals surface area (Å²) in [6, 6.07) is 14.1. The molecule has 4 heterocycles. The van der Waals surface area contributed by atoms with Crippen LogP contribution in [0.25, 0.3) is 33.4 Å². The number of nitrogens with zero attached hydrogens (tertiary/aromatic N) is 6. The Morgan fingerprint density at radius 1 is 1.20 bits per heavy atom. The summed E-state index contributed by atoms with van der Waals surface area (Å²) < 4.78 is 26.5. The number of fused-ring (bicyclic) bond motifs is 1. The number of nitrogens with two attached hydrogens (primary N) is 1. The second-order valence-electron chi connectivity index (χ2n) is 13.7. The van der Waals surface area contributed by atoms with Gasteiger partial charge in [-0.1, -0.05) is 18.7 Å². The van der Waals surface area contributed by atoms with Gasteiger partial charge in [0.2, 0.25) is 11.8 Å². The molecule has 1 atom stereocenters. The third-order valence-corrected chi connectivity index (χ3v) is 9.59. The molecule has 0 unspecified atom stereocenters. The molecule has 2 amide bonds. The van der Waals surface area contributed by atoms with Crippen LogP contribution in [0.1, 0.15) is 37.8 Å². The lowest BCUT2D eigenvalue weighted by Gasteiger charge is -2.30. The van der Waals surface area contributed by atoms with Crippen LogP contribution in [0.2, 0.25) is 0 Å². The molecule has 4 aromatic rings. The van der Waals surface area contributed by atoms with Crippen molar-refractivity contribution in [2.24, 2.45) is 10.8 Å². The number of likely N-dealkylation sites (tertiary alicyclic amines) is 1. The van der Waals surface area contributed by atoms with Crippen LogP contribution in [0.3, 0.4) is 0 Å². The Labute approximate surface area is 313 Å². The zero-order chi connectivity index (χ0) is 38.4. The van der Waals surface area contributed by atoms with Crippen LogP contribution >= 0.6 is 0 Å². The highest BCUT2D eigenvalue weighted by Gasteiger charge is 2.45. The number of halogens is 1. The van der Waals surface area contributed by atoms with E-state index in [4.69, 9.17) is 20.4 Å². The molecule has 5 N–H and O–H groups in total. The van der Waals surface area contributed by atoms with Gasteiger partial charge in [0.25, 0.3) is 5.91 Å². The summed E-state index contributed by atoms with van der Waals surface area (Å²) >= 11 is 0. The normalized spacial score (nSPS) is 17.7. The van der Waals surface area contributed by atoms with E-state index in [2.05, 4.69) is 32.1 Å². The predicted octanol–water partition coefficient (Wildman–Crippen LogP) is 4.06. The van der Waals surface area contributed by atoms with Gasteiger partial charge in [0.15, 0.2) is 5.60 Å². The standard InChI is InChI=1S/C39H46FN9O5/c1-25(2)54-35-10-6-29(21-42-35)37-32-20-30(7-9-34(32)45-46-37)44-38(52)39(53-4)13-16-47(23-39)22-36(51)48-14-11-27(12-15-48)28-5-8-31(33(40)19-28)26(3)43-24-49(41)17-18-50/h5-11,19-21,24-25,50H,3,12-18,22-23,41H2,1-2,4H3,(H,44,52)(H,45,46)/t39-/m0/s1. The maximum Gasteiger partial charge on any atom is 0.258 e. The second-order valence-corrected chi connectivity index (χ2v) is 13.7. The zero-order valence-electron chi connectivity index (χ0n) is 30.7. The van der Waals surface area contributed by atoms with Crippen molar-refractivity contribution in [2.45, 2.75) is 38.4 Å². The Hall–Kier alpha value is -5.48. The van der Waals surface area contributed by atoms with E-state index in [0.717, 1.165) is 27.6 Å². The van der Waals surface area contributed by atoms with E-state index in [1.165, 1.54) is 24.5 Å². The van der Waals surface area contributed by atoms with Crippen LogP contribution in [0.5, 0.6) is 5.88 Å². The van der Waals surface area contributed by atoms with Crippen molar-refractivity contribution in [3.8, 4) is 17.1 Å². The molecule has 0 bridgehead atoms. The smallest absolute Gasteiger partial charge is 0.258 e. The van der Waals surface area contributed by atoms with Gasteiger partial charge in [0.1, 0.15) is 17.8 Å². The number of hydrogen-bond acceptors (Lipinski definition) is 10. The number of aliphatic imine (C=N–C) groups is 1. The molecular formula is C39H46FN9O5. The largest absolute Gasteiger partial charge is 0.475 e. The molecule has 2 aromatic heterocycles. The highest BCUT2D eigenvalue weighted by molar-refractivity contribution is 6.01. The Morgan fingerprint density at radius 3 is 2.70 bits per heavy atom. The number of hydrogen-bond donors (Lipinski definition) is 4. The summed E-state index contributed by atoms with van der Waals surface area (Å²) in [6.45, 7) is 9.54. The van der Waals surface area contributed by atoms with Gasteiger partial charge in [-0.05, 0) is 74.2 Å². The van der Waals surface area contributed by atoms with Crippen LogP contribution in [-0.2, 0) is 14.3 Å². The number of aromatic amines is 1. The van der Waals surface area contributed by atoms with Crippen molar-refractivity contribution in [1.29, 1.82) is 0 Å². The lowest BCUT2D eigenvalue weighted by atomic mass is 9.97. The summed E-state index contributed by atoms with van der Waals surface area (Å²) in [7, 11) is 1.52. The first-order valence-electron chi connectivity index (χ1n) is 17.8. The second kappa shape index (κ2) is 16.7. The van der Waals surface area contributed by atoms with Gasteiger partial charge in [-0.25, -0.2) is 20.2 Å². The zero-order valence-corrected chi connectivity index (χ0v) is 30.7. The summed E-state index contributed by atoms with van der Waals surface area (Å²) in [6.07, 6.45) is 5.94. The third kappa shape index (κ3) is 8.66. The molecule has 1 saturated heterocycles. The maximum absolute atomic E-state index is 15.0. The molecule has 15 heteroatoms. The van der Waals surface area contributed by atoms with Crippen molar-refractivity contribution in [2.75, 3.05) is 58.3 Å². The highest BCUT2D eigenvalue weighted by Crippen LogP contribution is 2.32. The number of methoxy groups -OCH3 is 1. The van der Waals surface area contributed by atoms with Gasteiger partial charge in [-0.3, -0.25) is 24.6 Å². The van der Waals surface area contributed by atoms with E-state index in [1.54, 1.807) is 23.2 Å². The van der Waals surface area contributed by atoms with Crippen LogP contribution in [-0.4, -0.2) is 118 Å². The molecule has 284 valence electrons. The van der Waals surface area contributed by atoms with Gasteiger partial charge in [0, 0.05) is 67.8 Å². The average Bonchev–Trinajstić information content (AvgIpc) is 3.79. The minimum atomic E-state index is -1.13. The summed E-state index contributed by atoms with van der Waals surface area (Å²) in [5, 5.41) is 21.5. The van der Waals surface area contributed by atoms with Crippen molar-refractivity contribution < 1.29 is 28.6 Å². The highest BCUT2D eigenvalue weighted by atomic mass is 19.1. The van der Waals surface area contributed by atoms with Gasteiger partial charge < -0.3 is 24.8 Å². The first kappa shape index (κ1) is 38.3. The van der Waals surface area contributed by atoms with Gasteiger partial charge in [0.05, 0.1) is 37.0 Å². The Balaban J connectivity index is 1.04. The topological polar surface area (TPSA) is 175 Å². The molecule has 14 nitrogen and oxygen atoms in total. The van der Waals surface area contributed by atoms with E-state index in [0.29, 0.717) is 49.7 Å². The number of aromatic nitrogens is 3. The number of amides is 2. The first-order chi connectivity index (χ1) is 26.0. The van der Waals surface area contributed by atoms with E-state index in [1.807, 2.05) is 55.2 Å². The van der Waals surface area contributed by atoms with Crippen molar-refractivity contribution in [3.63, 3.8) is 0 Å². The van der Waals surface area contributed by atoms with Crippen molar-refractivity contribution in [1.82, 2.24) is 30.0 Å². The number of carbonyl (C=O) groups excluding carboxylic acids is 2. The Morgan fingerprint density at radius 2 is 2.02 bits per heavy atom. The molecule has 6 rings (SSSR count).